The highest BCUT2D eigenvalue weighted by atomic mass is 79.9. The Labute approximate surface area is 236 Å². The molecule has 0 N–H and O–H groups in total. The predicted molar refractivity (Wildman–Crippen MR) is 148 cm³/mol. The number of aryl methyl sites for hydroxylation is 1. The third-order valence-corrected chi connectivity index (χ3v) is 7.87. The van der Waals surface area contributed by atoms with Crippen molar-refractivity contribution < 1.29 is 14.4 Å². The Morgan fingerprint density at radius 2 is 1.86 bits per heavy atom. The Morgan fingerprint density at radius 1 is 1.11 bits per heavy atom. The van der Waals surface area contributed by atoms with Gasteiger partial charge in [-0.2, -0.15) is 0 Å². The van der Waals surface area contributed by atoms with E-state index in [1.807, 2.05) is 47.9 Å². The molecule has 0 aliphatic heterocycles. The van der Waals surface area contributed by atoms with Crippen molar-refractivity contribution in [3.8, 4) is 17.2 Å². The number of aromatic nitrogens is 3. The molecule has 0 spiro atoms. The van der Waals surface area contributed by atoms with Crippen LogP contribution in [0.2, 0.25) is 10.0 Å². The second-order valence-corrected chi connectivity index (χ2v) is 10.7. The number of thioether (sulfide) groups is 1. The van der Waals surface area contributed by atoms with E-state index in [4.69, 9.17) is 32.7 Å². The lowest BCUT2D eigenvalue weighted by atomic mass is 10.1. The predicted octanol–water partition coefficient (Wildman–Crippen LogP) is 7.34. The summed E-state index contributed by atoms with van der Waals surface area (Å²) in [4.78, 5) is 11.3. The molecule has 37 heavy (non-hydrogen) atoms. The molecular formula is C25H21BrCl2N4O4S. The van der Waals surface area contributed by atoms with Gasteiger partial charge in [-0.3, -0.25) is 14.7 Å². The molecule has 8 nitrogen and oxygen atoms in total. The third kappa shape index (κ3) is 6.56. The molecule has 0 unspecified atom stereocenters. The van der Waals surface area contributed by atoms with Crippen LogP contribution in [0.3, 0.4) is 0 Å². The molecule has 1 heterocycles. The normalized spacial score (nSPS) is 11.8. The molecule has 192 valence electrons. The number of nitro groups is 1. The van der Waals surface area contributed by atoms with Crippen molar-refractivity contribution >= 4 is 50.9 Å². The SMILES string of the molecule is COc1cc([C@H](C[N+](=O)[O-])Sc2nnc(C)n2-c2ccccc2)cc(Br)c1OCc1ccc(Cl)c(Cl)c1. The number of ether oxygens (including phenoxy) is 2. The van der Waals surface area contributed by atoms with Crippen molar-refractivity contribution in [2.45, 2.75) is 23.9 Å². The Hall–Kier alpha value is -2.79. The van der Waals surface area contributed by atoms with Crippen molar-refractivity contribution in [1.29, 1.82) is 0 Å². The quantitative estimate of drug-likeness (QED) is 0.104. The lowest BCUT2D eigenvalue weighted by Crippen LogP contribution is -2.12. The molecule has 3 aromatic carbocycles. The Balaban J connectivity index is 1.64. The first kappa shape index (κ1) is 27.3. The van der Waals surface area contributed by atoms with E-state index in [1.165, 1.54) is 18.9 Å². The smallest absolute Gasteiger partial charge is 0.220 e. The van der Waals surface area contributed by atoms with Gasteiger partial charge in [0, 0.05) is 10.6 Å². The zero-order valence-electron chi connectivity index (χ0n) is 19.7. The molecule has 0 aliphatic carbocycles. The standard InChI is InChI=1S/C25H21BrCl2N4O4S/c1-15-29-30-25(32(15)18-6-4-3-5-7-18)37-23(13-31(33)34)17-11-19(26)24(22(12-17)35-2)36-14-16-8-9-20(27)21(28)10-16/h3-12,23H,13-14H2,1-2H3/t23-/m0/s1. The first-order valence-corrected chi connectivity index (χ1v) is 13.4. The fourth-order valence-electron chi connectivity index (χ4n) is 3.62. The van der Waals surface area contributed by atoms with Crippen molar-refractivity contribution in [2.24, 2.45) is 0 Å². The lowest BCUT2D eigenvalue weighted by molar-refractivity contribution is -0.479. The minimum Gasteiger partial charge on any atom is -0.493 e. The number of halogens is 3. The van der Waals surface area contributed by atoms with Crippen LogP contribution in [0.4, 0.5) is 0 Å². The summed E-state index contributed by atoms with van der Waals surface area (Å²) < 4.78 is 14.1. The summed E-state index contributed by atoms with van der Waals surface area (Å²) in [5.74, 6) is 1.57. The number of para-hydroxylation sites is 1. The van der Waals surface area contributed by atoms with Crippen LogP contribution in [0.15, 0.2) is 70.3 Å². The second-order valence-electron chi connectivity index (χ2n) is 7.89. The van der Waals surface area contributed by atoms with E-state index in [1.54, 1.807) is 24.3 Å². The van der Waals surface area contributed by atoms with Crippen LogP contribution in [0, 0.1) is 17.0 Å². The number of nitrogens with zero attached hydrogens (tertiary/aromatic N) is 4. The van der Waals surface area contributed by atoms with Gasteiger partial charge in [0.25, 0.3) is 0 Å². The highest BCUT2D eigenvalue weighted by Gasteiger charge is 2.26. The monoisotopic (exact) mass is 622 g/mol. The molecule has 1 aromatic heterocycles. The molecule has 0 fully saturated rings. The van der Waals surface area contributed by atoms with Gasteiger partial charge in [0.15, 0.2) is 16.7 Å². The van der Waals surface area contributed by atoms with Crippen LogP contribution in [-0.2, 0) is 6.61 Å². The topological polar surface area (TPSA) is 92.3 Å². The van der Waals surface area contributed by atoms with Crippen LogP contribution >= 0.6 is 50.9 Å². The number of benzene rings is 3. The molecule has 0 aliphatic rings. The van der Waals surface area contributed by atoms with Gasteiger partial charge in [-0.15, -0.1) is 10.2 Å². The first-order valence-electron chi connectivity index (χ1n) is 11.0. The van der Waals surface area contributed by atoms with Gasteiger partial charge in [0.2, 0.25) is 6.54 Å². The van der Waals surface area contributed by atoms with E-state index in [0.717, 1.165) is 11.3 Å². The molecule has 0 bridgehead atoms. The van der Waals surface area contributed by atoms with Gasteiger partial charge >= 0.3 is 0 Å². The van der Waals surface area contributed by atoms with Crippen LogP contribution in [0.1, 0.15) is 22.2 Å². The van der Waals surface area contributed by atoms with E-state index < -0.39 is 5.25 Å². The molecule has 12 heteroatoms. The van der Waals surface area contributed by atoms with Gasteiger partial charge in [-0.05, 0) is 70.4 Å². The van der Waals surface area contributed by atoms with Crippen LogP contribution in [0.5, 0.6) is 11.5 Å². The van der Waals surface area contributed by atoms with Crippen molar-refractivity contribution in [2.75, 3.05) is 13.7 Å². The molecule has 0 amide bonds. The maximum atomic E-state index is 11.6. The summed E-state index contributed by atoms with van der Waals surface area (Å²) in [6.07, 6.45) is 0. The fourth-order valence-corrected chi connectivity index (χ4v) is 5.67. The molecule has 0 radical (unpaired) electrons. The molecule has 0 saturated heterocycles. The molecule has 4 rings (SSSR count). The van der Waals surface area contributed by atoms with Gasteiger partial charge < -0.3 is 9.47 Å². The van der Waals surface area contributed by atoms with E-state index >= 15 is 0 Å². The molecule has 1 atom stereocenters. The molecule has 4 aromatic rings. The Kier molecular flexibility index (Phi) is 8.96. The largest absolute Gasteiger partial charge is 0.493 e. The summed E-state index contributed by atoms with van der Waals surface area (Å²) in [6, 6.07) is 18.4. The number of hydrogen-bond donors (Lipinski definition) is 0. The molecule has 0 saturated carbocycles. The van der Waals surface area contributed by atoms with E-state index in [9.17, 15) is 10.1 Å². The third-order valence-electron chi connectivity index (χ3n) is 5.36. The average Bonchev–Trinajstić information content (AvgIpc) is 3.24. The maximum absolute atomic E-state index is 11.6. The van der Waals surface area contributed by atoms with Gasteiger partial charge in [0.1, 0.15) is 17.7 Å². The number of rotatable bonds is 10. The number of methoxy groups -OCH3 is 1. The molecular weight excluding hydrogens is 603 g/mol. The minimum absolute atomic E-state index is 0.220. The zero-order valence-corrected chi connectivity index (χ0v) is 23.6. The van der Waals surface area contributed by atoms with Gasteiger partial charge in [-0.1, -0.05) is 59.2 Å². The van der Waals surface area contributed by atoms with Gasteiger partial charge in [0.05, 0.1) is 21.6 Å². The maximum Gasteiger partial charge on any atom is 0.220 e. The minimum atomic E-state index is -0.574. The first-order chi connectivity index (χ1) is 17.8. The summed E-state index contributed by atoms with van der Waals surface area (Å²) in [6.45, 7) is 1.73. The van der Waals surface area contributed by atoms with E-state index in [0.29, 0.717) is 42.6 Å². The zero-order chi connectivity index (χ0) is 26.5. The summed E-state index contributed by atoms with van der Waals surface area (Å²) in [5, 5.41) is 21.0. The van der Waals surface area contributed by atoms with Gasteiger partial charge in [-0.25, -0.2) is 0 Å². The van der Waals surface area contributed by atoms with Crippen molar-refractivity contribution in [1.82, 2.24) is 14.8 Å². The fraction of sp³-hybridized carbons (Fsp3) is 0.200. The van der Waals surface area contributed by atoms with E-state index in [-0.39, 0.29) is 18.1 Å². The van der Waals surface area contributed by atoms with Crippen LogP contribution < -0.4 is 9.47 Å². The summed E-state index contributed by atoms with van der Waals surface area (Å²) >= 11 is 16.9. The summed E-state index contributed by atoms with van der Waals surface area (Å²) in [7, 11) is 1.52. The highest BCUT2D eigenvalue weighted by molar-refractivity contribution is 9.10. The highest BCUT2D eigenvalue weighted by Crippen LogP contribution is 2.43. The Bertz CT molecular complexity index is 1420. The van der Waals surface area contributed by atoms with Crippen molar-refractivity contribution in [3.63, 3.8) is 0 Å². The number of hydrogen-bond acceptors (Lipinski definition) is 7. The Morgan fingerprint density at radius 3 is 2.54 bits per heavy atom. The van der Waals surface area contributed by atoms with Crippen LogP contribution in [0.25, 0.3) is 5.69 Å². The van der Waals surface area contributed by atoms with E-state index in [2.05, 4.69) is 26.1 Å². The summed E-state index contributed by atoms with van der Waals surface area (Å²) in [5.41, 5.74) is 2.37. The lowest BCUT2D eigenvalue weighted by Gasteiger charge is -2.18. The van der Waals surface area contributed by atoms with Crippen molar-refractivity contribution in [3.05, 3.63) is 102 Å². The second kappa shape index (κ2) is 12.2. The average molecular weight is 624 g/mol. The van der Waals surface area contributed by atoms with Crippen LogP contribution in [-0.4, -0.2) is 33.3 Å².